The Morgan fingerprint density at radius 3 is 2.55 bits per heavy atom. The van der Waals surface area contributed by atoms with Crippen LogP contribution in [-0.4, -0.2) is 35.8 Å². The van der Waals surface area contributed by atoms with Crippen LogP contribution >= 0.6 is 0 Å². The van der Waals surface area contributed by atoms with E-state index in [0.29, 0.717) is 11.1 Å². The normalized spacial score (nSPS) is 28.5. The molecule has 1 aromatic carbocycles. The van der Waals surface area contributed by atoms with Gasteiger partial charge in [0.15, 0.2) is 23.8 Å². The maximum Gasteiger partial charge on any atom is 0.330 e. The molecular weight excluding hydrogens is 392 g/mol. The summed E-state index contributed by atoms with van der Waals surface area (Å²) < 4.78 is 11.0. The van der Waals surface area contributed by atoms with E-state index in [1.807, 2.05) is 26.0 Å². The number of hydrogen-bond acceptors (Lipinski definition) is 5. The van der Waals surface area contributed by atoms with Crippen LogP contribution < -0.4 is 0 Å². The van der Waals surface area contributed by atoms with Crippen LogP contribution in [0.1, 0.15) is 73.2 Å². The summed E-state index contributed by atoms with van der Waals surface area (Å²) in [6, 6.07) is 5.53. The van der Waals surface area contributed by atoms with Crippen LogP contribution in [0.5, 0.6) is 0 Å². The van der Waals surface area contributed by atoms with Crippen molar-refractivity contribution >= 4 is 17.5 Å². The fourth-order valence-electron chi connectivity index (χ4n) is 5.10. The Morgan fingerprint density at radius 1 is 1.19 bits per heavy atom. The second-order valence-electron chi connectivity index (χ2n) is 9.84. The molecule has 2 unspecified atom stereocenters. The lowest BCUT2D eigenvalue weighted by molar-refractivity contribution is -0.153. The van der Waals surface area contributed by atoms with Gasteiger partial charge in [0.05, 0.1) is 0 Å². The van der Waals surface area contributed by atoms with Crippen molar-refractivity contribution in [3.05, 3.63) is 58.7 Å². The Balaban J connectivity index is 1.48. The van der Waals surface area contributed by atoms with E-state index in [4.69, 9.17) is 9.47 Å². The first-order valence-electron chi connectivity index (χ1n) is 11.0. The van der Waals surface area contributed by atoms with E-state index in [9.17, 15) is 14.4 Å². The van der Waals surface area contributed by atoms with E-state index < -0.39 is 12.2 Å². The van der Waals surface area contributed by atoms with Gasteiger partial charge in [-0.3, -0.25) is 9.59 Å². The van der Waals surface area contributed by atoms with E-state index >= 15 is 0 Å². The Kier molecular flexibility index (Phi) is 5.50. The number of carbonyl (C=O) groups is 3. The van der Waals surface area contributed by atoms with Crippen LogP contribution in [0.2, 0.25) is 0 Å². The van der Waals surface area contributed by atoms with Gasteiger partial charge in [-0.2, -0.15) is 0 Å². The van der Waals surface area contributed by atoms with Gasteiger partial charge in [-0.25, -0.2) is 4.79 Å². The lowest BCUT2D eigenvalue weighted by atomic mass is 9.63. The average molecular weight is 423 g/mol. The van der Waals surface area contributed by atoms with Crippen LogP contribution in [0.3, 0.4) is 0 Å². The number of fused-ring (bicyclic) bond motifs is 2. The quantitative estimate of drug-likeness (QED) is 0.299. The Hall–Kier alpha value is -2.53. The van der Waals surface area contributed by atoms with Gasteiger partial charge < -0.3 is 9.47 Å². The van der Waals surface area contributed by atoms with E-state index in [0.717, 1.165) is 36.8 Å². The summed E-state index contributed by atoms with van der Waals surface area (Å²) in [6.45, 7) is 12.3. The molecule has 0 aromatic heterocycles. The lowest BCUT2D eigenvalue weighted by Crippen LogP contribution is -2.44. The second-order valence-corrected chi connectivity index (χ2v) is 9.84. The highest BCUT2D eigenvalue weighted by Gasteiger charge is 2.55. The molecular formula is C26H30O5. The molecule has 5 nitrogen and oxygen atoms in total. The predicted molar refractivity (Wildman–Crippen MR) is 117 cm³/mol. The molecule has 2 fully saturated rings. The summed E-state index contributed by atoms with van der Waals surface area (Å²) in [5, 5.41) is 0. The number of Topliss-reactive ketones (excluding diaryl/α,β-unsaturated/α-hetero) is 2. The number of carbonyl (C=O) groups excluding carboxylic acids is 3. The molecule has 0 radical (unpaired) electrons. The molecule has 4 atom stereocenters. The Morgan fingerprint density at radius 2 is 1.87 bits per heavy atom. The van der Waals surface area contributed by atoms with Gasteiger partial charge in [-0.05, 0) is 57.1 Å². The minimum absolute atomic E-state index is 0.0879. The maximum absolute atomic E-state index is 12.5. The monoisotopic (exact) mass is 422 g/mol. The summed E-state index contributed by atoms with van der Waals surface area (Å²) in [7, 11) is 0. The van der Waals surface area contributed by atoms with Crippen molar-refractivity contribution in [2.75, 3.05) is 0 Å². The highest BCUT2D eigenvalue weighted by molar-refractivity contribution is 6.20. The van der Waals surface area contributed by atoms with Crippen molar-refractivity contribution in [3.63, 3.8) is 0 Å². The number of aryl methyl sites for hydroxylation is 1. The first kappa shape index (κ1) is 21.7. The number of esters is 1. The highest BCUT2D eigenvalue weighted by atomic mass is 16.6. The molecule has 0 N–H and O–H groups in total. The van der Waals surface area contributed by atoms with E-state index in [-0.39, 0.29) is 35.0 Å². The lowest BCUT2D eigenvalue weighted by Gasteiger charge is -2.45. The molecule has 164 valence electrons. The Bertz CT molecular complexity index is 995. The van der Waals surface area contributed by atoms with Gasteiger partial charge in [0.2, 0.25) is 0 Å². The smallest absolute Gasteiger partial charge is 0.330 e. The second kappa shape index (κ2) is 7.86. The zero-order chi connectivity index (χ0) is 22.5. The first-order chi connectivity index (χ1) is 14.6. The fourth-order valence-corrected chi connectivity index (χ4v) is 5.10. The largest absolute Gasteiger partial charge is 0.459 e. The third-order valence-corrected chi connectivity index (χ3v) is 6.96. The third kappa shape index (κ3) is 4.03. The molecule has 31 heavy (non-hydrogen) atoms. The number of epoxide rings is 1. The Labute approximate surface area is 183 Å². The summed E-state index contributed by atoms with van der Waals surface area (Å²) in [6.07, 6.45) is 3.43. The van der Waals surface area contributed by atoms with Gasteiger partial charge in [0.1, 0.15) is 6.10 Å². The average Bonchev–Trinajstić information content (AvgIpc) is 3.49. The summed E-state index contributed by atoms with van der Waals surface area (Å²) in [4.78, 5) is 37.0. The molecule has 0 amide bonds. The SMILES string of the molecule is C=C1CC[C@H](OC(=O)C=C(C)C)C(C)(C)[C@H]1CCc1ccc2c(c1)C(=O)C1OC1C2=O. The molecule has 1 heterocycles. The molecule has 5 heteroatoms. The summed E-state index contributed by atoms with van der Waals surface area (Å²) in [5.74, 6) is -0.276. The number of hydrogen-bond donors (Lipinski definition) is 0. The molecule has 0 spiro atoms. The predicted octanol–water partition coefficient (Wildman–Crippen LogP) is 4.64. The summed E-state index contributed by atoms with van der Waals surface area (Å²) in [5.41, 5.74) is 3.83. The van der Waals surface area contributed by atoms with Crippen molar-refractivity contribution in [1.29, 1.82) is 0 Å². The number of ether oxygens (including phenoxy) is 2. The van der Waals surface area contributed by atoms with Gasteiger partial charge in [0.25, 0.3) is 0 Å². The van der Waals surface area contributed by atoms with Gasteiger partial charge >= 0.3 is 5.97 Å². The van der Waals surface area contributed by atoms with Gasteiger partial charge in [0, 0.05) is 22.6 Å². The third-order valence-electron chi connectivity index (χ3n) is 6.96. The topological polar surface area (TPSA) is 73.0 Å². The maximum atomic E-state index is 12.5. The van der Waals surface area contributed by atoms with E-state index in [2.05, 4.69) is 20.4 Å². The highest BCUT2D eigenvalue weighted by Crippen LogP contribution is 2.47. The van der Waals surface area contributed by atoms with Crippen LogP contribution in [0.25, 0.3) is 0 Å². The number of ketones is 2. The van der Waals surface area contributed by atoms with Gasteiger partial charge in [-0.15, -0.1) is 0 Å². The number of rotatable bonds is 5. The molecule has 2 aliphatic carbocycles. The molecule has 4 rings (SSSR count). The number of benzene rings is 1. The van der Waals surface area contributed by atoms with Crippen molar-refractivity contribution in [1.82, 2.24) is 0 Å². The van der Waals surface area contributed by atoms with Crippen molar-refractivity contribution in [2.45, 2.75) is 71.7 Å². The molecule has 1 aromatic rings. The van der Waals surface area contributed by atoms with E-state index in [1.165, 1.54) is 11.6 Å². The standard InChI is InChI=1S/C26H30O5/c1-14(2)12-21(27)30-20-11-6-15(3)19(26(20,4)5)10-8-16-7-9-17-18(13-16)23(29)25-24(31-25)22(17)28/h7,9,12-13,19-20,24-25H,3,6,8,10-11H2,1-2,4-5H3/t19-,20-,24?,25?/m0/s1. The zero-order valence-corrected chi connectivity index (χ0v) is 18.7. The molecule has 1 aliphatic heterocycles. The van der Waals surface area contributed by atoms with Crippen LogP contribution in [-0.2, 0) is 20.7 Å². The van der Waals surface area contributed by atoms with Crippen molar-refractivity contribution in [2.24, 2.45) is 11.3 Å². The first-order valence-corrected chi connectivity index (χ1v) is 11.0. The fraction of sp³-hybridized carbons (Fsp3) is 0.500. The molecule has 1 saturated heterocycles. The van der Waals surface area contributed by atoms with Crippen LogP contribution in [0, 0.1) is 11.3 Å². The molecule has 0 bridgehead atoms. The summed E-state index contributed by atoms with van der Waals surface area (Å²) >= 11 is 0. The number of allylic oxidation sites excluding steroid dienone is 2. The van der Waals surface area contributed by atoms with E-state index in [1.54, 1.807) is 6.07 Å². The minimum atomic E-state index is -0.580. The van der Waals surface area contributed by atoms with Crippen molar-refractivity contribution in [3.8, 4) is 0 Å². The van der Waals surface area contributed by atoms with Crippen LogP contribution in [0.4, 0.5) is 0 Å². The van der Waals surface area contributed by atoms with Crippen LogP contribution in [0.15, 0.2) is 42.0 Å². The molecule has 3 aliphatic rings. The van der Waals surface area contributed by atoms with Crippen molar-refractivity contribution < 1.29 is 23.9 Å². The van der Waals surface area contributed by atoms with Gasteiger partial charge in [-0.1, -0.05) is 43.7 Å². The molecule has 1 saturated carbocycles. The zero-order valence-electron chi connectivity index (χ0n) is 18.7. The minimum Gasteiger partial charge on any atom is -0.459 e.